The molecule has 1 aliphatic rings. The Kier molecular flexibility index (Phi) is 6.07. The Balaban J connectivity index is 1.84. The van der Waals surface area contributed by atoms with Crippen LogP contribution in [0.1, 0.15) is 29.9 Å². The maximum absolute atomic E-state index is 9.86. The fraction of sp³-hybridized carbons (Fsp3) is 0.304. The normalized spacial score (nSPS) is 19.2. The van der Waals surface area contributed by atoms with Gasteiger partial charge in [-0.3, -0.25) is 0 Å². The van der Waals surface area contributed by atoms with Crippen LogP contribution in [0.4, 0.5) is 0 Å². The van der Waals surface area contributed by atoms with Crippen molar-refractivity contribution >= 4 is 6.08 Å². The molecular formula is C23H26O4. The molecule has 0 radical (unpaired) electrons. The second kappa shape index (κ2) is 8.67. The van der Waals surface area contributed by atoms with Crippen LogP contribution in [0.25, 0.3) is 6.08 Å². The monoisotopic (exact) mass is 366 g/mol. The molecule has 1 N–H and O–H groups in total. The van der Waals surface area contributed by atoms with Gasteiger partial charge in [0.1, 0.15) is 0 Å². The minimum Gasteiger partial charge on any atom is -0.504 e. The Hall–Kier alpha value is -2.88. The standard InChI is InChI=1S/C23H26O4/c1-25-21-13-9-16(14-23(21)27-3)8-10-17-6-4-5-7-19(17)18-11-12-20(24)22(15-18)26-2/h5,7-15,17,19,24H,4,6H2,1-3H3/b10-8+/t17-,19+/m1/s1. The Morgan fingerprint density at radius 3 is 2.44 bits per heavy atom. The van der Waals surface area contributed by atoms with Crippen LogP contribution in [0.3, 0.4) is 0 Å². The smallest absolute Gasteiger partial charge is 0.161 e. The first kappa shape index (κ1) is 18.9. The third-order valence-corrected chi connectivity index (χ3v) is 5.00. The maximum Gasteiger partial charge on any atom is 0.161 e. The van der Waals surface area contributed by atoms with E-state index in [1.54, 1.807) is 27.4 Å². The molecule has 1 aliphatic carbocycles. The zero-order chi connectivity index (χ0) is 19.2. The summed E-state index contributed by atoms with van der Waals surface area (Å²) < 4.78 is 16.0. The zero-order valence-corrected chi connectivity index (χ0v) is 16.0. The van der Waals surface area contributed by atoms with Crippen LogP contribution < -0.4 is 14.2 Å². The van der Waals surface area contributed by atoms with Crippen molar-refractivity contribution in [2.45, 2.75) is 18.8 Å². The highest BCUT2D eigenvalue weighted by Gasteiger charge is 2.22. The van der Waals surface area contributed by atoms with Gasteiger partial charge >= 0.3 is 0 Å². The van der Waals surface area contributed by atoms with E-state index >= 15 is 0 Å². The molecule has 27 heavy (non-hydrogen) atoms. The average Bonchev–Trinajstić information content (AvgIpc) is 2.72. The zero-order valence-electron chi connectivity index (χ0n) is 16.0. The van der Waals surface area contributed by atoms with Crippen LogP contribution in [0.5, 0.6) is 23.0 Å². The fourth-order valence-corrected chi connectivity index (χ4v) is 3.52. The lowest BCUT2D eigenvalue weighted by Crippen LogP contribution is -2.12. The first-order valence-electron chi connectivity index (χ1n) is 9.10. The van der Waals surface area contributed by atoms with Crippen molar-refractivity contribution in [3.8, 4) is 23.0 Å². The van der Waals surface area contributed by atoms with Crippen LogP contribution in [0.2, 0.25) is 0 Å². The van der Waals surface area contributed by atoms with Gasteiger partial charge in [0.25, 0.3) is 0 Å². The summed E-state index contributed by atoms with van der Waals surface area (Å²) in [6.45, 7) is 0. The van der Waals surface area contributed by atoms with E-state index in [2.05, 4.69) is 24.3 Å². The van der Waals surface area contributed by atoms with Crippen molar-refractivity contribution in [3.63, 3.8) is 0 Å². The van der Waals surface area contributed by atoms with Gasteiger partial charge in [0.2, 0.25) is 0 Å². The molecule has 2 aromatic carbocycles. The summed E-state index contributed by atoms with van der Waals surface area (Å²) >= 11 is 0. The predicted molar refractivity (Wildman–Crippen MR) is 108 cm³/mol. The third-order valence-electron chi connectivity index (χ3n) is 5.00. The number of rotatable bonds is 6. The Morgan fingerprint density at radius 2 is 1.70 bits per heavy atom. The number of phenols is 1. The average molecular weight is 366 g/mol. The number of hydrogen-bond acceptors (Lipinski definition) is 4. The van der Waals surface area contributed by atoms with Gasteiger partial charge in [-0.05, 0) is 54.2 Å². The van der Waals surface area contributed by atoms with Crippen LogP contribution in [0, 0.1) is 5.92 Å². The molecule has 4 heteroatoms. The van der Waals surface area contributed by atoms with Gasteiger partial charge in [0, 0.05) is 5.92 Å². The van der Waals surface area contributed by atoms with Crippen molar-refractivity contribution < 1.29 is 19.3 Å². The molecule has 0 aromatic heterocycles. The predicted octanol–water partition coefficient (Wildman–Crippen LogP) is 5.18. The van der Waals surface area contributed by atoms with Crippen molar-refractivity contribution in [2.24, 2.45) is 5.92 Å². The molecule has 4 nitrogen and oxygen atoms in total. The highest BCUT2D eigenvalue weighted by Crippen LogP contribution is 2.38. The molecule has 0 spiro atoms. The third kappa shape index (κ3) is 4.27. The minimum atomic E-state index is 0.165. The highest BCUT2D eigenvalue weighted by atomic mass is 16.5. The molecule has 142 valence electrons. The van der Waals surface area contributed by atoms with Crippen LogP contribution in [-0.4, -0.2) is 26.4 Å². The topological polar surface area (TPSA) is 47.9 Å². The summed E-state index contributed by atoms with van der Waals surface area (Å²) in [4.78, 5) is 0. The lowest BCUT2D eigenvalue weighted by molar-refractivity contribution is 0.355. The largest absolute Gasteiger partial charge is 0.504 e. The number of allylic oxidation sites excluding steroid dienone is 3. The molecule has 0 amide bonds. The minimum absolute atomic E-state index is 0.165. The maximum atomic E-state index is 9.86. The van der Waals surface area contributed by atoms with E-state index in [-0.39, 0.29) is 11.7 Å². The summed E-state index contributed by atoms with van der Waals surface area (Å²) in [5.41, 5.74) is 2.21. The second-order valence-electron chi connectivity index (χ2n) is 6.60. The number of methoxy groups -OCH3 is 3. The van der Waals surface area contributed by atoms with E-state index in [4.69, 9.17) is 14.2 Å². The lowest BCUT2D eigenvalue weighted by Gasteiger charge is -2.26. The molecular weight excluding hydrogens is 340 g/mol. The molecule has 0 fully saturated rings. The number of hydrogen-bond donors (Lipinski definition) is 1. The summed E-state index contributed by atoms with van der Waals surface area (Å²) in [5, 5.41) is 9.86. The van der Waals surface area contributed by atoms with E-state index in [0.717, 1.165) is 35.5 Å². The van der Waals surface area contributed by atoms with Gasteiger partial charge < -0.3 is 19.3 Å². The molecule has 3 rings (SSSR count). The van der Waals surface area contributed by atoms with Crippen LogP contribution >= 0.6 is 0 Å². The molecule has 0 saturated heterocycles. The van der Waals surface area contributed by atoms with Gasteiger partial charge in [-0.15, -0.1) is 0 Å². The Labute approximate surface area is 160 Å². The Bertz CT molecular complexity index is 838. The number of ether oxygens (including phenoxy) is 3. The molecule has 2 aromatic rings. The lowest BCUT2D eigenvalue weighted by atomic mass is 9.79. The number of aromatic hydroxyl groups is 1. The quantitative estimate of drug-likeness (QED) is 0.716. The van der Waals surface area contributed by atoms with Gasteiger partial charge in [0.05, 0.1) is 21.3 Å². The van der Waals surface area contributed by atoms with Crippen molar-refractivity contribution in [1.82, 2.24) is 0 Å². The highest BCUT2D eigenvalue weighted by molar-refractivity contribution is 5.56. The Morgan fingerprint density at radius 1 is 0.926 bits per heavy atom. The van der Waals surface area contributed by atoms with E-state index in [1.807, 2.05) is 30.3 Å². The van der Waals surface area contributed by atoms with Crippen LogP contribution in [0.15, 0.2) is 54.6 Å². The van der Waals surface area contributed by atoms with E-state index in [0.29, 0.717) is 11.7 Å². The molecule has 2 atom stereocenters. The van der Waals surface area contributed by atoms with Gasteiger partial charge in [-0.1, -0.05) is 36.4 Å². The van der Waals surface area contributed by atoms with Gasteiger partial charge in [-0.25, -0.2) is 0 Å². The first-order chi connectivity index (χ1) is 13.2. The summed E-state index contributed by atoms with van der Waals surface area (Å²) in [7, 11) is 4.85. The van der Waals surface area contributed by atoms with Gasteiger partial charge in [-0.2, -0.15) is 0 Å². The second-order valence-corrected chi connectivity index (χ2v) is 6.60. The SMILES string of the molecule is COc1cc([C@H]2C=CCC[C@@H]2/C=C/c2ccc(OC)c(OC)c2)ccc1O. The molecule has 0 unspecified atom stereocenters. The van der Waals surface area contributed by atoms with Crippen molar-refractivity contribution in [1.29, 1.82) is 0 Å². The molecule has 0 saturated carbocycles. The van der Waals surface area contributed by atoms with E-state index in [9.17, 15) is 5.11 Å². The molecule has 0 bridgehead atoms. The van der Waals surface area contributed by atoms with Crippen LogP contribution in [-0.2, 0) is 0 Å². The van der Waals surface area contributed by atoms with Crippen molar-refractivity contribution in [2.75, 3.05) is 21.3 Å². The first-order valence-corrected chi connectivity index (χ1v) is 9.10. The van der Waals surface area contributed by atoms with E-state index in [1.165, 1.54) is 0 Å². The molecule has 0 heterocycles. The fourth-order valence-electron chi connectivity index (χ4n) is 3.52. The van der Waals surface area contributed by atoms with Gasteiger partial charge in [0.15, 0.2) is 23.0 Å². The summed E-state index contributed by atoms with van der Waals surface area (Å²) in [6.07, 6.45) is 11.0. The number of phenolic OH excluding ortho intramolecular Hbond substituents is 1. The van der Waals surface area contributed by atoms with Crippen molar-refractivity contribution in [3.05, 3.63) is 65.8 Å². The van der Waals surface area contributed by atoms with E-state index < -0.39 is 0 Å². The summed E-state index contributed by atoms with van der Waals surface area (Å²) in [5.74, 6) is 2.75. The number of benzene rings is 2. The molecule has 0 aliphatic heterocycles. The summed E-state index contributed by atoms with van der Waals surface area (Å²) in [6, 6.07) is 11.5.